The van der Waals surface area contributed by atoms with E-state index >= 15 is 0 Å². The van der Waals surface area contributed by atoms with Crippen molar-refractivity contribution in [2.45, 2.75) is 30.7 Å². The van der Waals surface area contributed by atoms with E-state index in [1.54, 1.807) is 12.1 Å². The lowest BCUT2D eigenvalue weighted by molar-refractivity contribution is 0.284. The van der Waals surface area contributed by atoms with Crippen LogP contribution in [0.2, 0.25) is 0 Å². The average molecular weight is 427 g/mol. The van der Waals surface area contributed by atoms with Crippen molar-refractivity contribution in [2.75, 3.05) is 27.4 Å². The number of sulfonamides is 1. The molecule has 0 heterocycles. The van der Waals surface area contributed by atoms with Crippen molar-refractivity contribution >= 4 is 10.0 Å². The van der Waals surface area contributed by atoms with Gasteiger partial charge in [-0.1, -0.05) is 6.07 Å². The Labute approximate surface area is 171 Å². The van der Waals surface area contributed by atoms with Crippen molar-refractivity contribution in [1.29, 1.82) is 0 Å². The predicted molar refractivity (Wildman–Crippen MR) is 109 cm³/mol. The second kappa shape index (κ2) is 10.4. The number of rotatable bonds is 11. The molecule has 29 heavy (non-hydrogen) atoms. The molecule has 2 rings (SSSR count). The van der Waals surface area contributed by atoms with Gasteiger partial charge in [-0.25, -0.2) is 17.9 Å². The third-order valence-electron chi connectivity index (χ3n) is 4.38. The fourth-order valence-electron chi connectivity index (χ4n) is 2.81. The number of ether oxygens (including phenoxy) is 3. The zero-order valence-electron chi connectivity index (χ0n) is 16.8. The second-order valence-corrected chi connectivity index (χ2v) is 8.10. The van der Waals surface area contributed by atoms with Gasteiger partial charge in [0.25, 0.3) is 0 Å². The van der Waals surface area contributed by atoms with Gasteiger partial charge in [0.15, 0.2) is 11.5 Å². The first-order valence-electron chi connectivity index (χ1n) is 9.14. The summed E-state index contributed by atoms with van der Waals surface area (Å²) in [5.74, 6) is 0.674. The molecule has 160 valence electrons. The highest BCUT2D eigenvalue weighted by Gasteiger charge is 2.16. The number of nitrogens with one attached hydrogen (secondary N) is 1. The average Bonchev–Trinajstić information content (AvgIpc) is 2.69. The van der Waals surface area contributed by atoms with Crippen LogP contribution >= 0.6 is 0 Å². The molecule has 0 saturated heterocycles. The number of methoxy groups -OCH3 is 2. The number of hydrogen-bond acceptors (Lipinski definition) is 6. The van der Waals surface area contributed by atoms with Crippen molar-refractivity contribution in [2.24, 2.45) is 5.14 Å². The zero-order valence-corrected chi connectivity index (χ0v) is 17.6. The normalized spacial score (nSPS) is 12.4. The van der Waals surface area contributed by atoms with E-state index < -0.39 is 10.0 Å². The van der Waals surface area contributed by atoms with Crippen molar-refractivity contribution in [3.8, 4) is 17.2 Å². The summed E-state index contributed by atoms with van der Waals surface area (Å²) in [6.07, 6.45) is 1.44. The van der Waals surface area contributed by atoms with Crippen molar-refractivity contribution < 1.29 is 27.0 Å². The minimum Gasteiger partial charge on any atom is -0.495 e. The molecule has 0 bridgehead atoms. The maximum absolute atomic E-state index is 13.3. The molecular formula is C20H27FN2O5S. The molecule has 3 N–H and O–H groups in total. The summed E-state index contributed by atoms with van der Waals surface area (Å²) >= 11 is 0. The summed E-state index contributed by atoms with van der Waals surface area (Å²) in [5, 5.41) is 8.57. The number of nitrogens with two attached hydrogens (primary N) is 1. The van der Waals surface area contributed by atoms with E-state index in [4.69, 9.17) is 19.3 Å². The van der Waals surface area contributed by atoms with E-state index in [1.165, 1.54) is 32.4 Å². The maximum Gasteiger partial charge on any atom is 0.241 e. The number of benzene rings is 2. The predicted octanol–water partition coefficient (Wildman–Crippen LogP) is 2.48. The van der Waals surface area contributed by atoms with Gasteiger partial charge < -0.3 is 19.5 Å². The lowest BCUT2D eigenvalue weighted by Crippen LogP contribution is -2.30. The molecule has 0 aliphatic heterocycles. The Morgan fingerprint density at radius 2 is 1.76 bits per heavy atom. The smallest absolute Gasteiger partial charge is 0.241 e. The molecule has 2 aromatic carbocycles. The first-order valence-corrected chi connectivity index (χ1v) is 10.7. The summed E-state index contributed by atoms with van der Waals surface area (Å²) in [6, 6.07) is 9.24. The molecule has 7 nitrogen and oxygen atoms in total. The van der Waals surface area contributed by atoms with E-state index in [0.717, 1.165) is 12.0 Å². The van der Waals surface area contributed by atoms with E-state index in [1.807, 2.05) is 13.0 Å². The zero-order chi connectivity index (χ0) is 21.4. The summed E-state index contributed by atoms with van der Waals surface area (Å²) in [6.45, 7) is 2.93. The van der Waals surface area contributed by atoms with Gasteiger partial charge in [0, 0.05) is 18.7 Å². The number of hydrogen-bond donors (Lipinski definition) is 2. The molecule has 0 aliphatic rings. The molecule has 0 saturated carbocycles. The van der Waals surface area contributed by atoms with E-state index in [9.17, 15) is 12.8 Å². The van der Waals surface area contributed by atoms with Crippen molar-refractivity contribution in [3.63, 3.8) is 0 Å². The highest BCUT2D eigenvalue weighted by molar-refractivity contribution is 7.89. The van der Waals surface area contributed by atoms with Gasteiger partial charge in [0.2, 0.25) is 10.0 Å². The van der Waals surface area contributed by atoms with Crippen molar-refractivity contribution in [1.82, 2.24) is 5.32 Å². The Morgan fingerprint density at radius 1 is 1.07 bits per heavy atom. The molecule has 9 heteroatoms. The van der Waals surface area contributed by atoms with E-state index in [0.29, 0.717) is 31.1 Å². The van der Waals surface area contributed by atoms with Crippen LogP contribution in [0.25, 0.3) is 0 Å². The largest absolute Gasteiger partial charge is 0.495 e. The summed E-state index contributed by atoms with van der Waals surface area (Å²) in [5.41, 5.74) is 0.851. The van der Waals surface area contributed by atoms with Crippen LogP contribution in [0.1, 0.15) is 18.9 Å². The highest BCUT2D eigenvalue weighted by Crippen LogP contribution is 2.27. The minimum absolute atomic E-state index is 0.0180. The van der Waals surface area contributed by atoms with Crippen LogP contribution in [0, 0.1) is 5.82 Å². The standard InChI is InChI=1S/C20H27FN2O5S/c1-14(23-10-11-28-19-13-16(21)7-9-17(19)26-2)4-5-15-6-8-18(27-3)20(12-15)29(22,24)25/h6-9,12-14,23H,4-5,10-11H2,1-3H3,(H2,22,24,25). The third kappa shape index (κ3) is 6.88. The van der Waals surface area contributed by atoms with Gasteiger partial charge in [-0.15, -0.1) is 0 Å². The van der Waals surface area contributed by atoms with E-state index in [-0.39, 0.29) is 22.5 Å². The Balaban J connectivity index is 1.82. The molecule has 0 aliphatic carbocycles. The van der Waals surface area contributed by atoms with Gasteiger partial charge in [-0.2, -0.15) is 0 Å². The topological polar surface area (TPSA) is 99.9 Å². The molecule has 0 radical (unpaired) electrons. The molecule has 0 spiro atoms. The first kappa shape index (κ1) is 22.9. The maximum atomic E-state index is 13.3. The Morgan fingerprint density at radius 3 is 2.41 bits per heavy atom. The Bertz CT molecular complexity index is 921. The second-order valence-electron chi connectivity index (χ2n) is 6.57. The molecule has 0 aromatic heterocycles. The minimum atomic E-state index is -3.85. The Hall–Kier alpha value is -2.36. The van der Waals surface area contributed by atoms with Gasteiger partial charge in [-0.05, 0) is 49.6 Å². The summed E-state index contributed by atoms with van der Waals surface area (Å²) in [7, 11) is -0.953. The van der Waals surface area contributed by atoms with Crippen LogP contribution in [0.15, 0.2) is 41.3 Å². The van der Waals surface area contributed by atoms with Crippen LogP contribution < -0.4 is 24.7 Å². The molecular weight excluding hydrogens is 399 g/mol. The van der Waals surface area contributed by atoms with Crippen LogP contribution in [0.4, 0.5) is 4.39 Å². The van der Waals surface area contributed by atoms with Gasteiger partial charge in [0.05, 0.1) is 14.2 Å². The van der Waals surface area contributed by atoms with Crippen LogP contribution in [-0.2, 0) is 16.4 Å². The fraction of sp³-hybridized carbons (Fsp3) is 0.400. The van der Waals surface area contributed by atoms with Crippen LogP contribution in [0.3, 0.4) is 0 Å². The monoisotopic (exact) mass is 426 g/mol. The lowest BCUT2D eigenvalue weighted by atomic mass is 10.1. The van der Waals surface area contributed by atoms with Gasteiger partial charge in [-0.3, -0.25) is 0 Å². The quantitative estimate of drug-likeness (QED) is 0.536. The van der Waals surface area contributed by atoms with Crippen molar-refractivity contribution in [3.05, 3.63) is 47.8 Å². The number of primary sulfonamides is 1. The highest BCUT2D eigenvalue weighted by atomic mass is 32.2. The summed E-state index contributed by atoms with van der Waals surface area (Å²) < 4.78 is 52.5. The summed E-state index contributed by atoms with van der Waals surface area (Å²) in [4.78, 5) is -0.0180. The molecule has 0 fully saturated rings. The lowest BCUT2D eigenvalue weighted by Gasteiger charge is -2.16. The Kier molecular flexibility index (Phi) is 8.24. The fourth-order valence-corrected chi connectivity index (χ4v) is 3.56. The number of halogens is 1. The number of aryl methyl sites for hydroxylation is 1. The van der Waals surface area contributed by atoms with Gasteiger partial charge >= 0.3 is 0 Å². The third-order valence-corrected chi connectivity index (χ3v) is 5.31. The molecule has 1 atom stereocenters. The van der Waals surface area contributed by atoms with Gasteiger partial charge in [0.1, 0.15) is 23.1 Å². The van der Waals surface area contributed by atoms with Crippen LogP contribution in [-0.4, -0.2) is 41.8 Å². The first-order chi connectivity index (χ1) is 13.7. The molecule has 2 aromatic rings. The SMILES string of the molecule is COc1ccc(F)cc1OCCNC(C)CCc1ccc(OC)c(S(N)(=O)=O)c1. The van der Waals surface area contributed by atoms with Crippen LogP contribution in [0.5, 0.6) is 17.2 Å². The molecule has 0 amide bonds. The van der Waals surface area contributed by atoms with E-state index in [2.05, 4.69) is 5.32 Å². The molecule has 1 unspecified atom stereocenters.